The standard InChI is InChI=1S/C20H21F3N2O3/c1-2-27-17-6-4-3-5-16(17)24-19(26)25-11-12-28-18(13-25)14-7-9-15(10-8-14)20(21,22)23/h3-10,18H,2,11-13H2,1H3,(H,24,26)/t18-/m1/s1. The number of rotatable bonds is 4. The highest BCUT2D eigenvalue weighted by Gasteiger charge is 2.31. The molecule has 5 nitrogen and oxygen atoms in total. The number of benzene rings is 2. The molecule has 1 N–H and O–H groups in total. The highest BCUT2D eigenvalue weighted by atomic mass is 19.4. The van der Waals surface area contributed by atoms with Gasteiger partial charge in [-0.3, -0.25) is 0 Å². The van der Waals surface area contributed by atoms with Crippen molar-refractivity contribution in [1.82, 2.24) is 4.90 Å². The topological polar surface area (TPSA) is 50.8 Å². The van der Waals surface area contributed by atoms with Crippen LogP contribution in [0.3, 0.4) is 0 Å². The van der Waals surface area contributed by atoms with Gasteiger partial charge in [0.05, 0.1) is 31.0 Å². The zero-order valence-corrected chi connectivity index (χ0v) is 15.3. The number of amides is 2. The number of ether oxygens (including phenoxy) is 2. The Bertz CT molecular complexity index is 809. The number of nitrogens with zero attached hydrogens (tertiary/aromatic N) is 1. The van der Waals surface area contributed by atoms with Gasteiger partial charge < -0.3 is 19.7 Å². The van der Waals surface area contributed by atoms with Gasteiger partial charge in [-0.05, 0) is 36.8 Å². The molecule has 2 aromatic rings. The molecule has 0 aliphatic carbocycles. The van der Waals surface area contributed by atoms with Crippen molar-refractivity contribution in [2.75, 3.05) is 31.6 Å². The lowest BCUT2D eigenvalue weighted by Gasteiger charge is -2.33. The molecule has 1 atom stereocenters. The first-order valence-electron chi connectivity index (χ1n) is 8.95. The Morgan fingerprint density at radius 1 is 1.21 bits per heavy atom. The van der Waals surface area contributed by atoms with Gasteiger partial charge in [0.1, 0.15) is 11.9 Å². The average molecular weight is 394 g/mol. The summed E-state index contributed by atoms with van der Waals surface area (Å²) in [5.41, 5.74) is 0.446. The van der Waals surface area contributed by atoms with E-state index in [0.717, 1.165) is 12.1 Å². The van der Waals surface area contributed by atoms with Crippen LogP contribution in [0.25, 0.3) is 0 Å². The molecule has 1 aliphatic rings. The minimum Gasteiger partial charge on any atom is -0.492 e. The fourth-order valence-corrected chi connectivity index (χ4v) is 2.97. The summed E-state index contributed by atoms with van der Waals surface area (Å²) in [5, 5.41) is 2.82. The molecule has 0 unspecified atom stereocenters. The number of hydrogen-bond acceptors (Lipinski definition) is 3. The SMILES string of the molecule is CCOc1ccccc1NC(=O)N1CCO[C@@H](c2ccc(C(F)(F)F)cc2)C1. The van der Waals surface area contributed by atoms with Crippen molar-refractivity contribution in [2.24, 2.45) is 0 Å². The molecule has 0 aromatic heterocycles. The van der Waals surface area contributed by atoms with Gasteiger partial charge in [-0.15, -0.1) is 0 Å². The van der Waals surface area contributed by atoms with Gasteiger partial charge in [0.2, 0.25) is 0 Å². The second-order valence-corrected chi connectivity index (χ2v) is 6.28. The number of alkyl halides is 3. The number of urea groups is 1. The number of para-hydroxylation sites is 2. The monoisotopic (exact) mass is 394 g/mol. The molecule has 1 heterocycles. The number of hydrogen-bond donors (Lipinski definition) is 1. The Kier molecular flexibility index (Phi) is 6.08. The number of carbonyl (C=O) groups is 1. The average Bonchev–Trinajstić information content (AvgIpc) is 2.69. The summed E-state index contributed by atoms with van der Waals surface area (Å²) < 4.78 is 49.3. The first-order valence-corrected chi connectivity index (χ1v) is 8.95. The number of halogens is 3. The van der Waals surface area contributed by atoms with Crippen LogP contribution in [0.4, 0.5) is 23.7 Å². The van der Waals surface area contributed by atoms with Crippen LogP contribution < -0.4 is 10.1 Å². The quantitative estimate of drug-likeness (QED) is 0.817. The van der Waals surface area contributed by atoms with Crippen LogP contribution in [-0.4, -0.2) is 37.2 Å². The third-order valence-electron chi connectivity index (χ3n) is 4.39. The van der Waals surface area contributed by atoms with Crippen molar-refractivity contribution in [3.8, 4) is 5.75 Å². The van der Waals surface area contributed by atoms with E-state index >= 15 is 0 Å². The molecule has 2 aromatic carbocycles. The van der Waals surface area contributed by atoms with Gasteiger partial charge in [-0.1, -0.05) is 24.3 Å². The van der Waals surface area contributed by atoms with Gasteiger partial charge in [-0.25, -0.2) is 4.79 Å². The van der Waals surface area contributed by atoms with Crippen molar-refractivity contribution in [3.63, 3.8) is 0 Å². The lowest BCUT2D eigenvalue weighted by Crippen LogP contribution is -2.44. The molecule has 0 radical (unpaired) electrons. The molecular formula is C20H21F3N2O3. The molecule has 1 saturated heterocycles. The Hall–Kier alpha value is -2.74. The van der Waals surface area contributed by atoms with E-state index < -0.39 is 17.8 Å². The first kappa shape index (κ1) is 20.0. The largest absolute Gasteiger partial charge is 0.492 e. The molecule has 28 heavy (non-hydrogen) atoms. The maximum absolute atomic E-state index is 12.7. The normalized spacial score (nSPS) is 17.3. The van der Waals surface area contributed by atoms with Crippen molar-refractivity contribution < 1.29 is 27.4 Å². The summed E-state index contributed by atoms with van der Waals surface area (Å²) >= 11 is 0. The molecule has 0 bridgehead atoms. The maximum atomic E-state index is 12.7. The molecule has 8 heteroatoms. The fourth-order valence-electron chi connectivity index (χ4n) is 2.97. The van der Waals surface area contributed by atoms with Crippen LogP contribution in [0.15, 0.2) is 48.5 Å². The van der Waals surface area contributed by atoms with Crippen LogP contribution in [0, 0.1) is 0 Å². The molecular weight excluding hydrogens is 373 g/mol. The van der Waals surface area contributed by atoms with Gasteiger partial charge in [0.25, 0.3) is 0 Å². The lowest BCUT2D eigenvalue weighted by atomic mass is 10.1. The van der Waals surface area contributed by atoms with Gasteiger partial charge in [0.15, 0.2) is 0 Å². The molecule has 1 aliphatic heterocycles. The molecule has 3 rings (SSSR count). The van der Waals surface area contributed by atoms with Crippen LogP contribution in [0.2, 0.25) is 0 Å². The second-order valence-electron chi connectivity index (χ2n) is 6.28. The van der Waals surface area contributed by atoms with Gasteiger partial charge >= 0.3 is 12.2 Å². The minimum atomic E-state index is -4.38. The highest BCUT2D eigenvalue weighted by Crippen LogP contribution is 2.31. The summed E-state index contributed by atoms with van der Waals surface area (Å²) in [5.74, 6) is 0.575. The fraction of sp³-hybridized carbons (Fsp3) is 0.350. The number of carbonyl (C=O) groups excluding carboxylic acids is 1. The minimum absolute atomic E-state index is 0.244. The predicted octanol–water partition coefficient (Wildman–Crippen LogP) is 4.71. The zero-order valence-electron chi connectivity index (χ0n) is 15.3. The van der Waals surface area contributed by atoms with E-state index in [1.165, 1.54) is 12.1 Å². The van der Waals surface area contributed by atoms with Gasteiger partial charge in [-0.2, -0.15) is 13.2 Å². The molecule has 2 amide bonds. The number of nitrogens with one attached hydrogen (secondary N) is 1. The van der Waals surface area contributed by atoms with Crippen molar-refractivity contribution >= 4 is 11.7 Å². The van der Waals surface area contributed by atoms with Crippen LogP contribution in [0.5, 0.6) is 5.75 Å². The summed E-state index contributed by atoms with van der Waals surface area (Å²) in [6.07, 6.45) is -4.87. The summed E-state index contributed by atoms with van der Waals surface area (Å²) in [7, 11) is 0. The Morgan fingerprint density at radius 2 is 1.93 bits per heavy atom. The third-order valence-corrected chi connectivity index (χ3v) is 4.39. The smallest absolute Gasteiger partial charge is 0.416 e. The first-order chi connectivity index (χ1) is 13.4. The van der Waals surface area contributed by atoms with Gasteiger partial charge in [0, 0.05) is 6.54 Å². The summed E-state index contributed by atoms with van der Waals surface area (Å²) in [6, 6.07) is 11.6. The maximum Gasteiger partial charge on any atom is 0.416 e. The van der Waals surface area contributed by atoms with E-state index in [9.17, 15) is 18.0 Å². The van der Waals surface area contributed by atoms with E-state index in [4.69, 9.17) is 9.47 Å². The summed E-state index contributed by atoms with van der Waals surface area (Å²) in [4.78, 5) is 14.2. The van der Waals surface area contributed by atoms with E-state index in [1.54, 1.807) is 23.1 Å². The molecule has 0 spiro atoms. The van der Waals surface area contributed by atoms with E-state index in [1.807, 2.05) is 13.0 Å². The van der Waals surface area contributed by atoms with E-state index in [-0.39, 0.29) is 12.6 Å². The van der Waals surface area contributed by atoms with Crippen molar-refractivity contribution in [1.29, 1.82) is 0 Å². The van der Waals surface area contributed by atoms with E-state index in [2.05, 4.69) is 5.32 Å². The van der Waals surface area contributed by atoms with E-state index in [0.29, 0.717) is 36.8 Å². The second kappa shape index (κ2) is 8.52. The van der Waals surface area contributed by atoms with Crippen molar-refractivity contribution in [3.05, 3.63) is 59.7 Å². The molecule has 150 valence electrons. The summed E-state index contributed by atoms with van der Waals surface area (Å²) in [6.45, 7) is 3.26. The predicted molar refractivity (Wildman–Crippen MR) is 98.3 cm³/mol. The van der Waals surface area contributed by atoms with Crippen LogP contribution in [-0.2, 0) is 10.9 Å². The number of anilines is 1. The number of morpholine rings is 1. The molecule has 1 fully saturated rings. The lowest BCUT2D eigenvalue weighted by molar-refractivity contribution is -0.137. The zero-order chi connectivity index (χ0) is 20.1. The van der Waals surface area contributed by atoms with Crippen molar-refractivity contribution in [2.45, 2.75) is 19.2 Å². The Morgan fingerprint density at radius 3 is 2.61 bits per heavy atom. The highest BCUT2D eigenvalue weighted by molar-refractivity contribution is 5.91. The third kappa shape index (κ3) is 4.75. The van der Waals surface area contributed by atoms with Crippen LogP contribution in [0.1, 0.15) is 24.2 Å². The Balaban J connectivity index is 1.67. The molecule has 0 saturated carbocycles. The Labute approximate surface area is 161 Å². The van der Waals surface area contributed by atoms with Crippen LogP contribution >= 0.6 is 0 Å².